The number of rotatable bonds is 2. The molecule has 4 heteroatoms. The number of aromatic nitrogens is 1. The summed E-state index contributed by atoms with van der Waals surface area (Å²) in [5.74, 6) is 0.0739. The van der Waals surface area contributed by atoms with Crippen LogP contribution >= 0.6 is 0 Å². The second-order valence-corrected chi connectivity index (χ2v) is 3.38. The lowest BCUT2D eigenvalue weighted by molar-refractivity contribution is 0.377. The summed E-state index contributed by atoms with van der Waals surface area (Å²) >= 11 is 0. The van der Waals surface area contributed by atoms with Gasteiger partial charge in [0, 0.05) is 17.8 Å². The highest BCUT2D eigenvalue weighted by Crippen LogP contribution is 2.22. The van der Waals surface area contributed by atoms with E-state index in [2.05, 4.69) is 0 Å². The molecule has 78 valence electrons. The van der Waals surface area contributed by atoms with Crippen LogP contribution in [-0.4, -0.2) is 14.8 Å². The van der Waals surface area contributed by atoms with Crippen LogP contribution < -0.4 is 5.73 Å². The monoisotopic (exact) mass is 204 g/mol. The van der Waals surface area contributed by atoms with E-state index in [1.165, 1.54) is 16.7 Å². The predicted molar refractivity (Wildman–Crippen MR) is 57.7 cm³/mol. The molecule has 0 spiro atoms. The molecule has 0 aliphatic rings. The Kier molecular flexibility index (Phi) is 2.25. The van der Waals surface area contributed by atoms with E-state index in [1.807, 2.05) is 12.1 Å². The Bertz CT molecular complexity index is 458. The fraction of sp³-hybridized carbons (Fsp3) is 0.0909. The fourth-order valence-corrected chi connectivity index (χ4v) is 1.48. The molecule has 0 atom stereocenters. The van der Waals surface area contributed by atoms with Gasteiger partial charge in [-0.3, -0.25) is 4.57 Å². The number of nitrogens with zero attached hydrogens (tertiary/aromatic N) is 1. The molecule has 4 N–H and O–H groups in total. The van der Waals surface area contributed by atoms with Crippen molar-refractivity contribution < 1.29 is 10.2 Å². The molecule has 0 amide bonds. The molecule has 0 unspecified atom stereocenters. The molecule has 0 saturated heterocycles. The van der Waals surface area contributed by atoms with Crippen molar-refractivity contribution in [2.75, 3.05) is 5.73 Å². The first kappa shape index (κ1) is 9.45. The van der Waals surface area contributed by atoms with Gasteiger partial charge in [-0.1, -0.05) is 12.1 Å². The summed E-state index contributed by atoms with van der Waals surface area (Å²) in [7, 11) is 0. The summed E-state index contributed by atoms with van der Waals surface area (Å²) in [5.41, 5.74) is 7.22. The fourth-order valence-electron chi connectivity index (χ4n) is 1.48. The molecule has 1 aromatic heterocycles. The van der Waals surface area contributed by atoms with Crippen molar-refractivity contribution in [2.24, 2.45) is 0 Å². The Balaban J connectivity index is 2.29. The minimum atomic E-state index is 0.0370. The van der Waals surface area contributed by atoms with Crippen LogP contribution in [0.5, 0.6) is 11.8 Å². The predicted octanol–water partition coefficient (Wildman–Crippen LogP) is 1.53. The molecular weight excluding hydrogens is 192 g/mol. The van der Waals surface area contributed by atoms with Gasteiger partial charge in [0.2, 0.25) is 0 Å². The first-order chi connectivity index (χ1) is 7.16. The Morgan fingerprint density at radius 1 is 1.07 bits per heavy atom. The van der Waals surface area contributed by atoms with Crippen LogP contribution in [0.3, 0.4) is 0 Å². The SMILES string of the molecule is Nc1cccc(Cn2c(O)ccc2O)c1. The van der Waals surface area contributed by atoms with Crippen LogP contribution in [0.2, 0.25) is 0 Å². The molecule has 0 aliphatic carbocycles. The smallest absolute Gasteiger partial charge is 0.194 e. The van der Waals surface area contributed by atoms with E-state index in [-0.39, 0.29) is 11.8 Å². The summed E-state index contributed by atoms with van der Waals surface area (Å²) in [6, 6.07) is 10.2. The van der Waals surface area contributed by atoms with Gasteiger partial charge in [-0.05, 0) is 17.7 Å². The molecule has 15 heavy (non-hydrogen) atoms. The third kappa shape index (κ3) is 1.88. The molecule has 0 aliphatic heterocycles. The molecular formula is C11H12N2O2. The topological polar surface area (TPSA) is 71.4 Å². The third-order valence-corrected chi connectivity index (χ3v) is 2.23. The van der Waals surface area contributed by atoms with E-state index in [9.17, 15) is 10.2 Å². The largest absolute Gasteiger partial charge is 0.494 e. The van der Waals surface area contributed by atoms with Gasteiger partial charge in [-0.15, -0.1) is 0 Å². The molecule has 1 heterocycles. The number of nitrogen functional groups attached to an aromatic ring is 1. The van der Waals surface area contributed by atoms with Crippen molar-refractivity contribution in [1.82, 2.24) is 4.57 Å². The zero-order valence-corrected chi connectivity index (χ0v) is 8.09. The maximum absolute atomic E-state index is 9.43. The standard InChI is InChI=1S/C11H12N2O2/c12-9-3-1-2-8(6-9)7-13-10(14)4-5-11(13)15/h1-6,14-15H,7,12H2. The van der Waals surface area contributed by atoms with Crippen LogP contribution in [0.25, 0.3) is 0 Å². The summed E-state index contributed by atoms with van der Waals surface area (Å²) < 4.78 is 1.40. The summed E-state index contributed by atoms with van der Waals surface area (Å²) in [6.45, 7) is 0.399. The third-order valence-electron chi connectivity index (χ3n) is 2.23. The number of aromatic hydroxyl groups is 2. The maximum Gasteiger partial charge on any atom is 0.194 e. The lowest BCUT2D eigenvalue weighted by Gasteiger charge is -2.07. The summed E-state index contributed by atoms with van der Waals surface area (Å²) in [6.07, 6.45) is 0. The first-order valence-corrected chi connectivity index (χ1v) is 4.58. The van der Waals surface area contributed by atoms with Crippen molar-refractivity contribution in [3.63, 3.8) is 0 Å². The van der Waals surface area contributed by atoms with Gasteiger partial charge in [0.05, 0.1) is 6.54 Å². The number of nitrogens with two attached hydrogens (primary N) is 1. The molecule has 0 saturated carbocycles. The Morgan fingerprint density at radius 2 is 1.73 bits per heavy atom. The number of anilines is 1. The van der Waals surface area contributed by atoms with Crippen LogP contribution in [0.1, 0.15) is 5.56 Å². The Labute approximate surface area is 87.2 Å². The maximum atomic E-state index is 9.43. The molecule has 0 bridgehead atoms. The van der Waals surface area contributed by atoms with Gasteiger partial charge in [0.25, 0.3) is 0 Å². The van der Waals surface area contributed by atoms with Crippen LogP contribution in [0, 0.1) is 0 Å². The van der Waals surface area contributed by atoms with E-state index in [0.717, 1.165) is 5.56 Å². The molecule has 0 fully saturated rings. The average Bonchev–Trinajstić information content (AvgIpc) is 2.50. The highest BCUT2D eigenvalue weighted by atomic mass is 16.3. The van der Waals surface area contributed by atoms with Gasteiger partial charge >= 0.3 is 0 Å². The highest BCUT2D eigenvalue weighted by Gasteiger charge is 2.05. The number of hydrogen-bond donors (Lipinski definition) is 3. The van der Waals surface area contributed by atoms with E-state index < -0.39 is 0 Å². The van der Waals surface area contributed by atoms with E-state index in [4.69, 9.17) is 5.73 Å². The van der Waals surface area contributed by atoms with E-state index >= 15 is 0 Å². The van der Waals surface area contributed by atoms with Gasteiger partial charge in [0.1, 0.15) is 0 Å². The molecule has 2 rings (SSSR count). The molecule has 2 aromatic rings. The number of hydrogen-bond acceptors (Lipinski definition) is 3. The van der Waals surface area contributed by atoms with Gasteiger partial charge in [-0.2, -0.15) is 0 Å². The van der Waals surface area contributed by atoms with Crippen molar-refractivity contribution in [3.05, 3.63) is 42.0 Å². The second-order valence-electron chi connectivity index (χ2n) is 3.38. The molecule has 1 aromatic carbocycles. The first-order valence-electron chi connectivity index (χ1n) is 4.58. The van der Waals surface area contributed by atoms with Crippen LogP contribution in [0.15, 0.2) is 36.4 Å². The second kappa shape index (κ2) is 3.57. The van der Waals surface area contributed by atoms with Crippen LogP contribution in [-0.2, 0) is 6.54 Å². The zero-order chi connectivity index (χ0) is 10.8. The summed E-state index contributed by atoms with van der Waals surface area (Å²) in [5, 5.41) is 18.9. The Morgan fingerprint density at radius 3 is 2.33 bits per heavy atom. The quantitative estimate of drug-likeness (QED) is 0.649. The van der Waals surface area contributed by atoms with Crippen molar-refractivity contribution in [3.8, 4) is 11.8 Å². The highest BCUT2D eigenvalue weighted by molar-refractivity contribution is 5.41. The zero-order valence-electron chi connectivity index (χ0n) is 8.09. The van der Waals surface area contributed by atoms with Crippen molar-refractivity contribution in [1.29, 1.82) is 0 Å². The average molecular weight is 204 g/mol. The van der Waals surface area contributed by atoms with Gasteiger partial charge in [-0.25, -0.2) is 0 Å². The van der Waals surface area contributed by atoms with Gasteiger partial charge < -0.3 is 15.9 Å². The minimum absolute atomic E-state index is 0.0370. The molecule has 0 radical (unpaired) electrons. The van der Waals surface area contributed by atoms with Crippen molar-refractivity contribution in [2.45, 2.75) is 6.54 Å². The Hall–Kier alpha value is -2.10. The molecule has 4 nitrogen and oxygen atoms in total. The van der Waals surface area contributed by atoms with Gasteiger partial charge in [0.15, 0.2) is 11.8 Å². The van der Waals surface area contributed by atoms with E-state index in [0.29, 0.717) is 12.2 Å². The lowest BCUT2D eigenvalue weighted by Crippen LogP contribution is -1.99. The van der Waals surface area contributed by atoms with Crippen LogP contribution in [0.4, 0.5) is 5.69 Å². The normalized spacial score (nSPS) is 10.4. The lowest BCUT2D eigenvalue weighted by atomic mass is 10.2. The van der Waals surface area contributed by atoms with E-state index in [1.54, 1.807) is 12.1 Å². The van der Waals surface area contributed by atoms with Crippen molar-refractivity contribution >= 4 is 5.69 Å². The minimum Gasteiger partial charge on any atom is -0.494 e. The number of benzene rings is 1. The summed E-state index contributed by atoms with van der Waals surface area (Å²) in [4.78, 5) is 0.